The molecule has 2 aromatic rings. The van der Waals surface area contributed by atoms with Gasteiger partial charge in [0.15, 0.2) is 0 Å². The van der Waals surface area contributed by atoms with Crippen molar-refractivity contribution in [3.05, 3.63) is 59.9 Å². The number of hydrogen-bond donors (Lipinski definition) is 0. The summed E-state index contributed by atoms with van der Waals surface area (Å²) in [6, 6.07) is 14.3. The van der Waals surface area contributed by atoms with Gasteiger partial charge in [0.1, 0.15) is 5.82 Å². The van der Waals surface area contributed by atoms with Crippen molar-refractivity contribution in [1.29, 1.82) is 0 Å². The number of rotatable bonds is 4. The van der Waals surface area contributed by atoms with Crippen LogP contribution in [0, 0.1) is 5.82 Å². The third-order valence-corrected chi connectivity index (χ3v) is 3.37. The first-order chi connectivity index (χ1) is 9.61. The maximum absolute atomic E-state index is 13.7. The molecule has 0 N–H and O–H groups in total. The largest absolute Gasteiger partial charge is 0.469 e. The summed E-state index contributed by atoms with van der Waals surface area (Å²) in [4.78, 5) is 11.3. The molecule has 1 unspecified atom stereocenters. The van der Waals surface area contributed by atoms with Crippen molar-refractivity contribution in [3.8, 4) is 11.1 Å². The molecule has 0 saturated heterocycles. The molecule has 0 aliphatic carbocycles. The van der Waals surface area contributed by atoms with Gasteiger partial charge in [-0.05, 0) is 23.1 Å². The van der Waals surface area contributed by atoms with Crippen molar-refractivity contribution in [2.75, 3.05) is 7.11 Å². The molecule has 0 amide bonds. The van der Waals surface area contributed by atoms with Crippen LogP contribution in [0.15, 0.2) is 48.5 Å². The average molecular weight is 272 g/mol. The first-order valence-electron chi connectivity index (χ1n) is 6.53. The normalized spacial score (nSPS) is 11.9. The fourth-order valence-electron chi connectivity index (χ4n) is 2.14. The molecular weight excluding hydrogens is 255 g/mol. The minimum atomic E-state index is -0.233. The van der Waals surface area contributed by atoms with Crippen LogP contribution in [0.1, 0.15) is 24.8 Å². The van der Waals surface area contributed by atoms with Crippen LogP contribution in [0.25, 0.3) is 11.1 Å². The van der Waals surface area contributed by atoms with Crippen molar-refractivity contribution in [2.45, 2.75) is 19.3 Å². The highest BCUT2D eigenvalue weighted by atomic mass is 19.1. The van der Waals surface area contributed by atoms with E-state index >= 15 is 0 Å². The lowest BCUT2D eigenvalue weighted by Crippen LogP contribution is -2.05. The molecule has 0 bridgehead atoms. The standard InChI is InChI=1S/C17H17FO2/c1-12(11-17(19)20-2)13-7-9-14(10-8-13)15-5-3-4-6-16(15)18/h3-10,12H,11H2,1-2H3. The third-order valence-electron chi connectivity index (χ3n) is 3.37. The Hall–Kier alpha value is -2.16. The molecule has 0 spiro atoms. The summed E-state index contributed by atoms with van der Waals surface area (Å²) in [7, 11) is 1.39. The number of ether oxygens (including phenoxy) is 1. The van der Waals surface area contributed by atoms with Crippen LogP contribution in [-0.2, 0) is 9.53 Å². The van der Waals surface area contributed by atoms with E-state index in [2.05, 4.69) is 4.74 Å². The van der Waals surface area contributed by atoms with Gasteiger partial charge in [-0.3, -0.25) is 4.79 Å². The molecule has 0 heterocycles. The maximum atomic E-state index is 13.7. The highest BCUT2D eigenvalue weighted by Gasteiger charge is 2.12. The quantitative estimate of drug-likeness (QED) is 0.781. The Morgan fingerprint density at radius 2 is 1.80 bits per heavy atom. The predicted molar refractivity (Wildman–Crippen MR) is 76.9 cm³/mol. The van der Waals surface area contributed by atoms with E-state index in [1.807, 2.05) is 37.3 Å². The number of carbonyl (C=O) groups is 1. The highest BCUT2D eigenvalue weighted by Crippen LogP contribution is 2.26. The van der Waals surface area contributed by atoms with E-state index in [1.54, 1.807) is 12.1 Å². The predicted octanol–water partition coefficient (Wildman–Crippen LogP) is 4.16. The SMILES string of the molecule is COC(=O)CC(C)c1ccc(-c2ccccc2F)cc1. The minimum absolute atomic E-state index is 0.0807. The third kappa shape index (κ3) is 3.23. The van der Waals surface area contributed by atoms with Gasteiger partial charge in [0.2, 0.25) is 0 Å². The second-order valence-corrected chi connectivity index (χ2v) is 4.78. The van der Waals surface area contributed by atoms with Crippen LogP contribution in [-0.4, -0.2) is 13.1 Å². The van der Waals surface area contributed by atoms with Crippen LogP contribution < -0.4 is 0 Å². The molecule has 0 aliphatic rings. The Morgan fingerprint density at radius 1 is 1.15 bits per heavy atom. The fraction of sp³-hybridized carbons (Fsp3) is 0.235. The van der Waals surface area contributed by atoms with Gasteiger partial charge >= 0.3 is 5.97 Å². The first kappa shape index (κ1) is 14.3. The molecule has 0 radical (unpaired) electrons. The Balaban J connectivity index is 2.18. The van der Waals surface area contributed by atoms with Crippen molar-refractivity contribution in [2.24, 2.45) is 0 Å². The molecular formula is C17H17FO2. The fourth-order valence-corrected chi connectivity index (χ4v) is 2.14. The monoisotopic (exact) mass is 272 g/mol. The Morgan fingerprint density at radius 3 is 2.40 bits per heavy atom. The molecule has 1 atom stereocenters. The molecule has 2 rings (SSSR count). The van der Waals surface area contributed by atoms with E-state index in [1.165, 1.54) is 13.2 Å². The van der Waals surface area contributed by atoms with Gasteiger partial charge < -0.3 is 4.74 Å². The summed E-state index contributed by atoms with van der Waals surface area (Å²) < 4.78 is 18.4. The van der Waals surface area contributed by atoms with E-state index in [-0.39, 0.29) is 17.7 Å². The van der Waals surface area contributed by atoms with Gasteiger partial charge in [-0.15, -0.1) is 0 Å². The number of methoxy groups -OCH3 is 1. The van der Waals surface area contributed by atoms with E-state index in [0.29, 0.717) is 12.0 Å². The van der Waals surface area contributed by atoms with Crippen molar-refractivity contribution in [3.63, 3.8) is 0 Å². The molecule has 3 heteroatoms. The number of hydrogen-bond acceptors (Lipinski definition) is 2. The van der Waals surface area contributed by atoms with E-state index in [4.69, 9.17) is 0 Å². The summed E-state index contributed by atoms with van der Waals surface area (Å²) in [5.74, 6) is -0.379. The Bertz CT molecular complexity index is 590. The lowest BCUT2D eigenvalue weighted by molar-refractivity contribution is -0.140. The molecule has 0 saturated carbocycles. The van der Waals surface area contributed by atoms with Crippen LogP contribution >= 0.6 is 0 Å². The molecule has 0 fully saturated rings. The zero-order valence-electron chi connectivity index (χ0n) is 11.6. The summed E-state index contributed by atoms with van der Waals surface area (Å²) in [5, 5.41) is 0. The number of esters is 1. The van der Waals surface area contributed by atoms with Gasteiger partial charge in [-0.1, -0.05) is 49.4 Å². The zero-order valence-corrected chi connectivity index (χ0v) is 11.6. The van der Waals surface area contributed by atoms with Crippen molar-refractivity contribution >= 4 is 5.97 Å². The molecule has 0 aromatic heterocycles. The van der Waals surface area contributed by atoms with Gasteiger partial charge in [0.05, 0.1) is 13.5 Å². The van der Waals surface area contributed by atoms with Crippen LogP contribution in [0.3, 0.4) is 0 Å². The lowest BCUT2D eigenvalue weighted by Gasteiger charge is -2.11. The first-order valence-corrected chi connectivity index (χ1v) is 6.53. The van der Waals surface area contributed by atoms with Crippen molar-refractivity contribution < 1.29 is 13.9 Å². The van der Waals surface area contributed by atoms with Gasteiger partial charge in [0.25, 0.3) is 0 Å². The summed E-state index contributed by atoms with van der Waals surface area (Å²) in [6.07, 6.45) is 0.343. The van der Waals surface area contributed by atoms with Crippen LogP contribution in [0.2, 0.25) is 0 Å². The number of halogens is 1. The molecule has 104 valence electrons. The molecule has 2 aromatic carbocycles. The van der Waals surface area contributed by atoms with Gasteiger partial charge in [-0.2, -0.15) is 0 Å². The minimum Gasteiger partial charge on any atom is -0.469 e. The van der Waals surface area contributed by atoms with Crippen molar-refractivity contribution in [1.82, 2.24) is 0 Å². The second-order valence-electron chi connectivity index (χ2n) is 4.78. The summed E-state index contributed by atoms with van der Waals surface area (Å²) >= 11 is 0. The zero-order chi connectivity index (χ0) is 14.5. The van der Waals surface area contributed by atoms with Gasteiger partial charge in [0, 0.05) is 5.56 Å². The highest BCUT2D eigenvalue weighted by molar-refractivity contribution is 5.70. The topological polar surface area (TPSA) is 26.3 Å². The second kappa shape index (κ2) is 6.33. The summed E-state index contributed by atoms with van der Waals surface area (Å²) in [5.41, 5.74) is 2.45. The lowest BCUT2D eigenvalue weighted by atomic mass is 9.95. The maximum Gasteiger partial charge on any atom is 0.306 e. The average Bonchev–Trinajstić information content (AvgIpc) is 2.47. The van der Waals surface area contributed by atoms with Crippen LogP contribution in [0.5, 0.6) is 0 Å². The molecule has 20 heavy (non-hydrogen) atoms. The Labute approximate surface area is 118 Å². The smallest absolute Gasteiger partial charge is 0.306 e. The van der Waals surface area contributed by atoms with E-state index in [0.717, 1.165) is 11.1 Å². The molecule has 0 aliphatic heterocycles. The van der Waals surface area contributed by atoms with E-state index in [9.17, 15) is 9.18 Å². The number of carbonyl (C=O) groups excluding carboxylic acids is 1. The summed E-state index contributed by atoms with van der Waals surface area (Å²) in [6.45, 7) is 1.97. The van der Waals surface area contributed by atoms with E-state index < -0.39 is 0 Å². The molecule has 2 nitrogen and oxygen atoms in total. The number of benzene rings is 2. The van der Waals surface area contributed by atoms with Crippen LogP contribution in [0.4, 0.5) is 4.39 Å². The Kier molecular flexibility index (Phi) is 4.51. The van der Waals surface area contributed by atoms with Gasteiger partial charge in [-0.25, -0.2) is 4.39 Å².